The topological polar surface area (TPSA) is 12.0 Å². The predicted molar refractivity (Wildman–Crippen MR) is 52.3 cm³/mol. The number of hydrogen-bond donors (Lipinski definition) is 1. The highest BCUT2D eigenvalue weighted by atomic mass is 127. The third kappa shape index (κ3) is 2.57. The summed E-state index contributed by atoms with van der Waals surface area (Å²) in [5.74, 6) is -1.20. The van der Waals surface area contributed by atoms with Gasteiger partial charge in [-0.3, -0.25) is 3.53 Å². The maximum absolute atomic E-state index is 13.2. The van der Waals surface area contributed by atoms with Crippen molar-refractivity contribution in [2.75, 3.05) is 0 Å². The van der Waals surface area contributed by atoms with Gasteiger partial charge in [0.2, 0.25) is 0 Å². The number of benzene rings is 1. The summed E-state index contributed by atoms with van der Waals surface area (Å²) in [7, 11) is 0. The molecule has 0 aliphatic carbocycles. The molecule has 6 heteroatoms. The highest BCUT2D eigenvalue weighted by Crippen LogP contribution is 2.32. The zero-order valence-electron chi connectivity index (χ0n) is 6.83. The Balaban J connectivity index is 3.14. The van der Waals surface area contributed by atoms with Crippen LogP contribution in [0.5, 0.6) is 0 Å². The molecule has 0 aliphatic rings. The SMILES string of the molecule is Fc1c(CNI)cccc1C(F)(F)F. The van der Waals surface area contributed by atoms with E-state index in [2.05, 4.69) is 3.53 Å². The fourth-order valence-electron chi connectivity index (χ4n) is 1.01. The normalized spacial score (nSPS) is 11.8. The zero-order valence-corrected chi connectivity index (χ0v) is 8.99. The fraction of sp³-hybridized carbons (Fsp3) is 0.250. The second-order valence-corrected chi connectivity index (χ2v) is 3.35. The Morgan fingerprint density at radius 1 is 1.29 bits per heavy atom. The quantitative estimate of drug-likeness (QED) is 0.501. The number of hydrogen-bond acceptors (Lipinski definition) is 1. The van der Waals surface area contributed by atoms with Crippen molar-refractivity contribution < 1.29 is 17.6 Å². The van der Waals surface area contributed by atoms with E-state index in [9.17, 15) is 17.6 Å². The molecule has 0 fully saturated rings. The van der Waals surface area contributed by atoms with Crippen molar-refractivity contribution in [2.45, 2.75) is 12.7 Å². The average molecular weight is 319 g/mol. The van der Waals surface area contributed by atoms with E-state index in [1.807, 2.05) is 0 Å². The van der Waals surface area contributed by atoms with Crippen LogP contribution in [-0.4, -0.2) is 0 Å². The minimum Gasteiger partial charge on any atom is -0.257 e. The van der Waals surface area contributed by atoms with Crippen LogP contribution in [-0.2, 0) is 12.7 Å². The van der Waals surface area contributed by atoms with E-state index in [1.54, 1.807) is 22.9 Å². The van der Waals surface area contributed by atoms with Crippen LogP contribution in [0.3, 0.4) is 0 Å². The van der Waals surface area contributed by atoms with Crippen LogP contribution < -0.4 is 3.53 Å². The summed E-state index contributed by atoms with van der Waals surface area (Å²) in [4.78, 5) is 0. The largest absolute Gasteiger partial charge is 0.419 e. The first-order valence-electron chi connectivity index (χ1n) is 3.65. The average Bonchev–Trinajstić information content (AvgIpc) is 2.07. The van der Waals surface area contributed by atoms with E-state index in [0.717, 1.165) is 6.07 Å². The van der Waals surface area contributed by atoms with Gasteiger partial charge >= 0.3 is 6.18 Å². The third-order valence-electron chi connectivity index (χ3n) is 1.64. The van der Waals surface area contributed by atoms with Crippen LogP contribution in [0.2, 0.25) is 0 Å². The lowest BCUT2D eigenvalue weighted by Gasteiger charge is -2.10. The summed E-state index contributed by atoms with van der Waals surface area (Å²) in [5.41, 5.74) is -1.21. The van der Waals surface area contributed by atoms with Crippen LogP contribution in [0.25, 0.3) is 0 Å². The molecule has 1 aromatic rings. The molecule has 1 N–H and O–H groups in total. The molecule has 0 saturated carbocycles. The Labute approximate surface area is 92.0 Å². The Hall–Kier alpha value is -0.370. The van der Waals surface area contributed by atoms with E-state index in [-0.39, 0.29) is 12.1 Å². The summed E-state index contributed by atoms with van der Waals surface area (Å²) >= 11 is 1.74. The number of alkyl halides is 3. The molecular formula is C8H6F4IN. The molecule has 0 radical (unpaired) electrons. The van der Waals surface area contributed by atoms with Crippen LogP contribution >= 0.6 is 22.9 Å². The van der Waals surface area contributed by atoms with Gasteiger partial charge in [-0.1, -0.05) is 12.1 Å². The van der Waals surface area contributed by atoms with Gasteiger partial charge in [0, 0.05) is 35.0 Å². The van der Waals surface area contributed by atoms with E-state index in [4.69, 9.17) is 0 Å². The van der Waals surface area contributed by atoms with E-state index in [0.29, 0.717) is 0 Å². The lowest BCUT2D eigenvalue weighted by molar-refractivity contribution is -0.140. The van der Waals surface area contributed by atoms with Crippen LogP contribution in [0.1, 0.15) is 11.1 Å². The minimum absolute atomic E-state index is 0.00854. The Bertz CT molecular complexity index is 324. The molecule has 0 aromatic heterocycles. The molecule has 0 aliphatic heterocycles. The molecule has 1 aromatic carbocycles. The highest BCUT2D eigenvalue weighted by Gasteiger charge is 2.34. The van der Waals surface area contributed by atoms with Crippen molar-refractivity contribution in [3.05, 3.63) is 35.1 Å². The lowest BCUT2D eigenvalue weighted by atomic mass is 10.1. The lowest BCUT2D eigenvalue weighted by Crippen LogP contribution is -2.11. The molecule has 1 nitrogen and oxygen atoms in total. The zero-order chi connectivity index (χ0) is 10.8. The molecule has 14 heavy (non-hydrogen) atoms. The second-order valence-electron chi connectivity index (χ2n) is 2.59. The molecule has 78 valence electrons. The second kappa shape index (κ2) is 4.43. The smallest absolute Gasteiger partial charge is 0.257 e. The fourth-order valence-corrected chi connectivity index (χ4v) is 1.42. The van der Waals surface area contributed by atoms with Gasteiger partial charge in [-0.15, -0.1) is 0 Å². The van der Waals surface area contributed by atoms with Gasteiger partial charge in [-0.05, 0) is 6.07 Å². The molecule has 0 heterocycles. The number of rotatable bonds is 2. The summed E-state index contributed by atoms with van der Waals surface area (Å²) in [6.45, 7) is 0.0658. The van der Waals surface area contributed by atoms with Gasteiger partial charge in [-0.25, -0.2) is 4.39 Å². The van der Waals surface area contributed by atoms with Crippen molar-refractivity contribution in [3.8, 4) is 0 Å². The molecule has 0 spiro atoms. The molecule has 0 saturated heterocycles. The predicted octanol–water partition coefficient (Wildman–Crippen LogP) is 3.28. The van der Waals surface area contributed by atoms with Crippen molar-refractivity contribution in [2.24, 2.45) is 0 Å². The maximum Gasteiger partial charge on any atom is 0.419 e. The van der Waals surface area contributed by atoms with Crippen molar-refractivity contribution in [3.63, 3.8) is 0 Å². The van der Waals surface area contributed by atoms with Gasteiger partial charge in [0.25, 0.3) is 0 Å². The minimum atomic E-state index is -4.63. The highest BCUT2D eigenvalue weighted by molar-refractivity contribution is 14.1. The maximum atomic E-state index is 13.2. The summed E-state index contributed by atoms with van der Waals surface area (Å²) in [5, 5.41) is 0. The standard InChI is InChI=1S/C8H6F4IN/c9-7-5(4-14-13)2-1-3-6(7)8(10,11)12/h1-3,14H,4H2. The van der Waals surface area contributed by atoms with Gasteiger partial charge in [0.15, 0.2) is 0 Å². The Kier molecular flexibility index (Phi) is 3.71. The van der Waals surface area contributed by atoms with Crippen molar-refractivity contribution in [1.82, 2.24) is 3.53 Å². The first-order chi connectivity index (χ1) is 6.46. The van der Waals surface area contributed by atoms with Crippen molar-refractivity contribution >= 4 is 22.9 Å². The third-order valence-corrected chi connectivity index (χ3v) is 2.02. The number of halogens is 5. The van der Waals surface area contributed by atoms with E-state index >= 15 is 0 Å². The monoisotopic (exact) mass is 319 g/mol. The Morgan fingerprint density at radius 2 is 1.93 bits per heavy atom. The van der Waals surface area contributed by atoms with Crippen LogP contribution in [0.15, 0.2) is 18.2 Å². The molecule has 0 bridgehead atoms. The Morgan fingerprint density at radius 3 is 2.43 bits per heavy atom. The first kappa shape index (κ1) is 11.7. The first-order valence-corrected chi connectivity index (χ1v) is 4.72. The van der Waals surface area contributed by atoms with Crippen LogP contribution in [0, 0.1) is 5.82 Å². The van der Waals surface area contributed by atoms with Gasteiger partial charge in [-0.2, -0.15) is 13.2 Å². The van der Waals surface area contributed by atoms with Gasteiger partial charge in [0.05, 0.1) is 5.56 Å². The summed E-state index contributed by atoms with van der Waals surface area (Å²) in [6.07, 6.45) is -4.63. The van der Waals surface area contributed by atoms with Gasteiger partial charge in [0.1, 0.15) is 5.82 Å². The van der Waals surface area contributed by atoms with Crippen LogP contribution in [0.4, 0.5) is 17.6 Å². The molecule has 0 atom stereocenters. The van der Waals surface area contributed by atoms with Gasteiger partial charge < -0.3 is 0 Å². The van der Waals surface area contributed by atoms with Crippen molar-refractivity contribution in [1.29, 1.82) is 0 Å². The molecule has 0 unspecified atom stereocenters. The molecule has 1 rings (SSSR count). The number of nitrogens with one attached hydrogen (secondary N) is 1. The summed E-state index contributed by atoms with van der Waals surface area (Å²) < 4.78 is 52.4. The molecular weight excluding hydrogens is 313 g/mol. The summed E-state index contributed by atoms with van der Waals surface area (Å²) in [6, 6.07) is 3.23. The van der Waals surface area contributed by atoms with E-state index < -0.39 is 17.6 Å². The van der Waals surface area contributed by atoms with E-state index in [1.165, 1.54) is 12.1 Å². The molecule has 0 amide bonds.